The fourth-order valence-electron chi connectivity index (χ4n) is 1.87. The molecule has 0 aliphatic heterocycles. The maximum atomic E-state index is 13.4. The van der Waals surface area contributed by atoms with Crippen LogP contribution in [0.25, 0.3) is 6.08 Å². The van der Waals surface area contributed by atoms with Gasteiger partial charge in [0.15, 0.2) is 6.61 Å². The van der Waals surface area contributed by atoms with E-state index in [2.05, 4.69) is 5.32 Å². The molecule has 0 radical (unpaired) electrons. The van der Waals surface area contributed by atoms with E-state index < -0.39 is 30.1 Å². The molecule has 0 atom stereocenters. The Kier molecular flexibility index (Phi) is 6.22. The van der Waals surface area contributed by atoms with Crippen molar-refractivity contribution in [3.05, 3.63) is 65.7 Å². The highest BCUT2D eigenvalue weighted by Crippen LogP contribution is 2.15. The van der Waals surface area contributed by atoms with Crippen LogP contribution in [0, 0.1) is 11.6 Å². The van der Waals surface area contributed by atoms with Gasteiger partial charge in [0.05, 0.1) is 12.8 Å². The van der Waals surface area contributed by atoms with Crippen molar-refractivity contribution in [3.8, 4) is 5.75 Å². The van der Waals surface area contributed by atoms with Crippen molar-refractivity contribution in [2.45, 2.75) is 0 Å². The molecule has 0 aliphatic carbocycles. The third-order valence-electron chi connectivity index (χ3n) is 3.05. The largest absolute Gasteiger partial charge is 0.497 e. The predicted molar refractivity (Wildman–Crippen MR) is 88.0 cm³/mol. The molecule has 5 nitrogen and oxygen atoms in total. The molecule has 130 valence electrons. The number of nitrogens with one attached hydrogen (secondary N) is 1. The maximum absolute atomic E-state index is 13.4. The molecule has 0 unspecified atom stereocenters. The molecule has 1 amide bonds. The molecule has 0 fully saturated rings. The van der Waals surface area contributed by atoms with Crippen LogP contribution in [-0.4, -0.2) is 25.6 Å². The number of carbonyl (C=O) groups is 2. The number of ether oxygens (including phenoxy) is 2. The first kappa shape index (κ1) is 18.1. The van der Waals surface area contributed by atoms with Crippen LogP contribution < -0.4 is 10.1 Å². The Bertz CT molecular complexity index is 805. The first-order valence-corrected chi connectivity index (χ1v) is 7.22. The minimum atomic E-state index is -0.793. The third-order valence-corrected chi connectivity index (χ3v) is 3.05. The van der Waals surface area contributed by atoms with E-state index in [9.17, 15) is 18.4 Å². The number of hydrogen-bond donors (Lipinski definition) is 1. The predicted octanol–water partition coefficient (Wildman–Crippen LogP) is 3.17. The van der Waals surface area contributed by atoms with Gasteiger partial charge in [0.1, 0.15) is 17.4 Å². The van der Waals surface area contributed by atoms with Gasteiger partial charge < -0.3 is 14.8 Å². The summed E-state index contributed by atoms with van der Waals surface area (Å²) < 4.78 is 36.2. The second kappa shape index (κ2) is 8.58. The summed E-state index contributed by atoms with van der Waals surface area (Å²) >= 11 is 0. The number of esters is 1. The standard InChI is InChI=1S/C18H15F2NO4/c1-24-14-4-2-3-12(9-14)5-8-18(23)25-11-17(22)21-16-10-13(19)6-7-15(16)20/h2-10H,11H2,1H3,(H,21,22). The summed E-state index contributed by atoms with van der Waals surface area (Å²) in [5.74, 6) is -2.40. The average molecular weight is 347 g/mol. The summed E-state index contributed by atoms with van der Waals surface area (Å²) in [6.07, 6.45) is 2.64. The van der Waals surface area contributed by atoms with Gasteiger partial charge >= 0.3 is 5.97 Å². The Morgan fingerprint density at radius 1 is 1.16 bits per heavy atom. The Morgan fingerprint density at radius 2 is 1.96 bits per heavy atom. The van der Waals surface area contributed by atoms with Crippen LogP contribution in [0.5, 0.6) is 5.75 Å². The Balaban J connectivity index is 1.85. The molecule has 2 aromatic rings. The van der Waals surface area contributed by atoms with E-state index >= 15 is 0 Å². The highest BCUT2D eigenvalue weighted by molar-refractivity contribution is 5.94. The van der Waals surface area contributed by atoms with E-state index in [4.69, 9.17) is 9.47 Å². The maximum Gasteiger partial charge on any atom is 0.331 e. The average Bonchev–Trinajstić information content (AvgIpc) is 2.61. The summed E-state index contributed by atoms with van der Waals surface area (Å²) in [6.45, 7) is -0.628. The number of carbonyl (C=O) groups excluding carboxylic acids is 2. The van der Waals surface area contributed by atoms with Crippen molar-refractivity contribution < 1.29 is 27.8 Å². The monoisotopic (exact) mass is 347 g/mol. The van der Waals surface area contributed by atoms with Gasteiger partial charge in [-0.2, -0.15) is 0 Å². The molecule has 0 spiro atoms. The van der Waals surface area contributed by atoms with Crippen molar-refractivity contribution in [2.75, 3.05) is 19.0 Å². The zero-order chi connectivity index (χ0) is 18.2. The normalized spacial score (nSPS) is 10.5. The molecule has 0 saturated heterocycles. The quantitative estimate of drug-likeness (QED) is 0.644. The lowest BCUT2D eigenvalue weighted by molar-refractivity contribution is -0.142. The first-order valence-electron chi connectivity index (χ1n) is 7.22. The van der Waals surface area contributed by atoms with Crippen molar-refractivity contribution in [2.24, 2.45) is 0 Å². The fourth-order valence-corrected chi connectivity index (χ4v) is 1.87. The molecule has 0 heterocycles. The molecular formula is C18H15F2NO4. The summed E-state index contributed by atoms with van der Waals surface area (Å²) in [6, 6.07) is 9.62. The summed E-state index contributed by atoms with van der Waals surface area (Å²) in [7, 11) is 1.52. The smallest absolute Gasteiger partial charge is 0.331 e. The van der Waals surface area contributed by atoms with Crippen LogP contribution in [0.15, 0.2) is 48.5 Å². The lowest BCUT2D eigenvalue weighted by Crippen LogP contribution is -2.20. The van der Waals surface area contributed by atoms with Crippen molar-refractivity contribution in [3.63, 3.8) is 0 Å². The zero-order valence-electron chi connectivity index (χ0n) is 13.3. The number of hydrogen-bond acceptors (Lipinski definition) is 4. The van der Waals surface area contributed by atoms with Gasteiger partial charge in [0, 0.05) is 12.1 Å². The molecule has 2 aromatic carbocycles. The number of rotatable bonds is 6. The molecule has 0 aliphatic rings. The second-order valence-corrected chi connectivity index (χ2v) is 4.89. The zero-order valence-corrected chi connectivity index (χ0v) is 13.3. The van der Waals surface area contributed by atoms with E-state index in [1.54, 1.807) is 24.3 Å². The molecule has 0 bridgehead atoms. The van der Waals surface area contributed by atoms with Crippen LogP contribution in [0.2, 0.25) is 0 Å². The van der Waals surface area contributed by atoms with Crippen LogP contribution >= 0.6 is 0 Å². The molecule has 0 saturated carbocycles. The number of anilines is 1. The van der Waals surface area contributed by atoms with Crippen molar-refractivity contribution >= 4 is 23.6 Å². The van der Waals surface area contributed by atoms with Gasteiger partial charge in [0.25, 0.3) is 5.91 Å². The molecule has 2 rings (SSSR count). The molecule has 1 N–H and O–H groups in total. The lowest BCUT2D eigenvalue weighted by atomic mass is 10.2. The van der Waals surface area contributed by atoms with Gasteiger partial charge in [-0.1, -0.05) is 12.1 Å². The van der Waals surface area contributed by atoms with Gasteiger partial charge in [0.2, 0.25) is 0 Å². The highest BCUT2D eigenvalue weighted by atomic mass is 19.1. The Morgan fingerprint density at radius 3 is 2.72 bits per heavy atom. The van der Waals surface area contributed by atoms with E-state index in [1.165, 1.54) is 13.2 Å². The van der Waals surface area contributed by atoms with Crippen molar-refractivity contribution in [1.29, 1.82) is 0 Å². The molecule has 0 aromatic heterocycles. The van der Waals surface area contributed by atoms with Crippen LogP contribution in [-0.2, 0) is 14.3 Å². The summed E-state index contributed by atoms with van der Waals surface area (Å²) in [4.78, 5) is 23.2. The Hall–Kier alpha value is -3.22. The van der Waals surface area contributed by atoms with Gasteiger partial charge in [-0.15, -0.1) is 0 Å². The van der Waals surface area contributed by atoms with Crippen LogP contribution in [0.4, 0.5) is 14.5 Å². The number of halogens is 2. The third kappa shape index (κ3) is 5.72. The fraction of sp³-hybridized carbons (Fsp3) is 0.111. The molecule has 7 heteroatoms. The number of methoxy groups -OCH3 is 1. The SMILES string of the molecule is COc1cccc(C=CC(=O)OCC(=O)Nc2cc(F)ccc2F)c1. The minimum absolute atomic E-state index is 0.326. The number of benzene rings is 2. The summed E-state index contributed by atoms with van der Waals surface area (Å²) in [5, 5.41) is 2.12. The topological polar surface area (TPSA) is 64.6 Å². The van der Waals surface area contributed by atoms with E-state index in [0.717, 1.165) is 24.3 Å². The van der Waals surface area contributed by atoms with E-state index in [-0.39, 0.29) is 5.69 Å². The van der Waals surface area contributed by atoms with Crippen molar-refractivity contribution in [1.82, 2.24) is 0 Å². The molecule has 25 heavy (non-hydrogen) atoms. The molecular weight excluding hydrogens is 332 g/mol. The summed E-state index contributed by atoms with van der Waals surface area (Å²) in [5.41, 5.74) is 0.385. The van der Waals surface area contributed by atoms with Crippen LogP contribution in [0.1, 0.15) is 5.56 Å². The van der Waals surface area contributed by atoms with E-state index in [1.807, 2.05) is 0 Å². The minimum Gasteiger partial charge on any atom is -0.497 e. The second-order valence-electron chi connectivity index (χ2n) is 4.89. The van der Waals surface area contributed by atoms with Gasteiger partial charge in [-0.25, -0.2) is 13.6 Å². The number of amides is 1. The van der Waals surface area contributed by atoms with Gasteiger partial charge in [-0.05, 0) is 35.9 Å². The lowest BCUT2D eigenvalue weighted by Gasteiger charge is -2.06. The highest BCUT2D eigenvalue weighted by Gasteiger charge is 2.10. The first-order chi connectivity index (χ1) is 12.0. The van der Waals surface area contributed by atoms with E-state index in [0.29, 0.717) is 11.3 Å². The van der Waals surface area contributed by atoms with Crippen LogP contribution in [0.3, 0.4) is 0 Å². The Labute approximate surface area is 142 Å². The van der Waals surface area contributed by atoms with Gasteiger partial charge in [-0.3, -0.25) is 4.79 Å².